The fraction of sp³-hybridized carbons (Fsp3) is 0.500. The van der Waals surface area contributed by atoms with E-state index in [2.05, 4.69) is 5.16 Å². The molecular weight excluding hydrogens is 322 g/mol. The van der Waals surface area contributed by atoms with Crippen LogP contribution in [-0.4, -0.2) is 56.5 Å². The van der Waals surface area contributed by atoms with Gasteiger partial charge in [-0.15, -0.1) is 11.3 Å². The Morgan fingerprint density at radius 1 is 1.27 bits per heavy atom. The highest BCUT2D eigenvalue weighted by molar-refractivity contribution is 7.91. The summed E-state index contributed by atoms with van der Waals surface area (Å²) >= 11 is 1.21. The molecule has 6 nitrogen and oxygen atoms in total. The SMILES string of the molecule is CCN(CCN(C)C)S(=O)(=O)c1cc(-c2cc(C)no2)cs1. The van der Waals surface area contributed by atoms with Gasteiger partial charge in [0, 0.05) is 36.6 Å². The number of rotatable bonds is 7. The Morgan fingerprint density at radius 3 is 2.55 bits per heavy atom. The van der Waals surface area contributed by atoms with Gasteiger partial charge in [-0.3, -0.25) is 0 Å². The molecular formula is C14H21N3O3S2. The monoisotopic (exact) mass is 343 g/mol. The second-order valence-corrected chi connectivity index (χ2v) is 8.36. The van der Waals surface area contributed by atoms with Crippen molar-refractivity contribution in [2.75, 3.05) is 33.7 Å². The minimum absolute atomic E-state index is 0.331. The molecule has 0 amide bonds. The zero-order valence-corrected chi connectivity index (χ0v) is 14.9. The average molecular weight is 343 g/mol. The molecule has 0 fully saturated rings. The van der Waals surface area contributed by atoms with Crippen molar-refractivity contribution in [3.05, 3.63) is 23.2 Å². The number of sulfonamides is 1. The van der Waals surface area contributed by atoms with Crippen molar-refractivity contribution in [1.82, 2.24) is 14.4 Å². The molecule has 122 valence electrons. The number of aryl methyl sites for hydroxylation is 1. The Balaban J connectivity index is 2.23. The van der Waals surface area contributed by atoms with Crippen LogP contribution in [0.5, 0.6) is 0 Å². The lowest BCUT2D eigenvalue weighted by Crippen LogP contribution is -2.36. The zero-order valence-electron chi connectivity index (χ0n) is 13.2. The standard InChI is InChI=1S/C14H21N3O3S2/c1-5-17(7-6-16(3)4)22(18,19)14-9-12(10-21-14)13-8-11(2)15-20-13/h8-10H,5-7H2,1-4H3. The van der Waals surface area contributed by atoms with Gasteiger partial charge in [0.25, 0.3) is 10.0 Å². The number of nitrogens with zero attached hydrogens (tertiary/aromatic N) is 3. The molecule has 2 aromatic rings. The maximum Gasteiger partial charge on any atom is 0.252 e. The van der Waals surface area contributed by atoms with Crippen molar-refractivity contribution < 1.29 is 12.9 Å². The molecule has 0 bridgehead atoms. The number of thiophene rings is 1. The Kier molecular flexibility index (Phi) is 5.38. The molecule has 22 heavy (non-hydrogen) atoms. The van der Waals surface area contributed by atoms with Gasteiger partial charge in [0.2, 0.25) is 0 Å². The van der Waals surface area contributed by atoms with Crippen LogP contribution in [0.3, 0.4) is 0 Å². The molecule has 2 aromatic heterocycles. The van der Waals surface area contributed by atoms with Crippen molar-refractivity contribution in [1.29, 1.82) is 0 Å². The van der Waals surface area contributed by atoms with E-state index in [4.69, 9.17) is 4.52 Å². The van der Waals surface area contributed by atoms with E-state index in [1.54, 1.807) is 17.5 Å². The molecule has 0 saturated carbocycles. The summed E-state index contributed by atoms with van der Waals surface area (Å²) in [4.78, 5) is 1.97. The van der Waals surface area contributed by atoms with Gasteiger partial charge in [-0.05, 0) is 27.1 Å². The Bertz CT molecular complexity index is 719. The lowest BCUT2D eigenvalue weighted by atomic mass is 10.2. The van der Waals surface area contributed by atoms with Crippen LogP contribution in [0.15, 0.2) is 26.2 Å². The second kappa shape index (κ2) is 6.91. The topological polar surface area (TPSA) is 66.7 Å². The second-order valence-electron chi connectivity index (χ2n) is 5.29. The Morgan fingerprint density at radius 2 is 2.00 bits per heavy atom. The third-order valence-corrected chi connectivity index (χ3v) is 6.62. The van der Waals surface area contributed by atoms with E-state index < -0.39 is 10.0 Å². The van der Waals surface area contributed by atoms with Crippen LogP contribution in [0.2, 0.25) is 0 Å². The van der Waals surface area contributed by atoms with E-state index in [-0.39, 0.29) is 0 Å². The maximum absolute atomic E-state index is 12.7. The summed E-state index contributed by atoms with van der Waals surface area (Å²) in [6, 6.07) is 3.44. The molecule has 0 N–H and O–H groups in total. The molecule has 2 rings (SSSR count). The van der Waals surface area contributed by atoms with Crippen LogP contribution in [-0.2, 0) is 10.0 Å². The van der Waals surface area contributed by atoms with Crippen molar-refractivity contribution in [3.8, 4) is 11.3 Å². The first-order valence-corrected chi connectivity index (χ1v) is 9.33. The number of aromatic nitrogens is 1. The van der Waals surface area contributed by atoms with Gasteiger partial charge >= 0.3 is 0 Å². The van der Waals surface area contributed by atoms with Gasteiger partial charge in [0.1, 0.15) is 4.21 Å². The van der Waals surface area contributed by atoms with E-state index >= 15 is 0 Å². The van der Waals surface area contributed by atoms with Gasteiger partial charge < -0.3 is 9.42 Å². The molecule has 0 aliphatic rings. The van der Waals surface area contributed by atoms with Crippen molar-refractivity contribution in [3.63, 3.8) is 0 Å². The highest BCUT2D eigenvalue weighted by atomic mass is 32.2. The largest absolute Gasteiger partial charge is 0.356 e. The highest BCUT2D eigenvalue weighted by Crippen LogP contribution is 2.30. The molecule has 0 radical (unpaired) electrons. The smallest absolute Gasteiger partial charge is 0.252 e. The third kappa shape index (κ3) is 3.75. The average Bonchev–Trinajstić information content (AvgIpc) is 3.07. The van der Waals surface area contributed by atoms with E-state index in [1.807, 2.05) is 32.8 Å². The van der Waals surface area contributed by atoms with Crippen LogP contribution in [0, 0.1) is 6.92 Å². The van der Waals surface area contributed by atoms with Gasteiger partial charge in [0.05, 0.1) is 5.69 Å². The Labute approximate surface area is 135 Å². The van der Waals surface area contributed by atoms with Crippen molar-refractivity contribution in [2.24, 2.45) is 0 Å². The molecule has 8 heteroatoms. The zero-order chi connectivity index (χ0) is 16.3. The van der Waals surface area contributed by atoms with E-state index in [0.29, 0.717) is 29.6 Å². The van der Waals surface area contributed by atoms with Crippen LogP contribution in [0.25, 0.3) is 11.3 Å². The predicted octanol–water partition coefficient (Wildman–Crippen LogP) is 2.28. The van der Waals surface area contributed by atoms with Gasteiger partial charge in [-0.2, -0.15) is 4.31 Å². The first-order chi connectivity index (χ1) is 10.3. The normalized spacial score (nSPS) is 12.5. The van der Waals surface area contributed by atoms with Crippen LogP contribution < -0.4 is 0 Å². The Hall–Kier alpha value is -1.22. The number of likely N-dealkylation sites (N-methyl/N-ethyl adjacent to an activating group) is 2. The molecule has 0 unspecified atom stereocenters. The highest BCUT2D eigenvalue weighted by Gasteiger charge is 2.25. The molecule has 2 heterocycles. The van der Waals surface area contributed by atoms with Crippen molar-refractivity contribution >= 4 is 21.4 Å². The summed E-state index contributed by atoms with van der Waals surface area (Å²) in [5.74, 6) is 0.589. The summed E-state index contributed by atoms with van der Waals surface area (Å²) in [7, 11) is 0.389. The summed E-state index contributed by atoms with van der Waals surface area (Å²) in [6.45, 7) is 5.29. The lowest BCUT2D eigenvalue weighted by Gasteiger charge is -2.21. The predicted molar refractivity (Wildman–Crippen MR) is 87.5 cm³/mol. The molecule has 0 aliphatic heterocycles. The van der Waals surface area contributed by atoms with Gasteiger partial charge in [-0.1, -0.05) is 12.1 Å². The third-order valence-electron chi connectivity index (χ3n) is 3.23. The van der Waals surface area contributed by atoms with Crippen molar-refractivity contribution in [2.45, 2.75) is 18.1 Å². The quantitative estimate of drug-likeness (QED) is 0.771. The lowest BCUT2D eigenvalue weighted by molar-refractivity contribution is 0.341. The van der Waals surface area contributed by atoms with Gasteiger partial charge in [0.15, 0.2) is 5.76 Å². The first-order valence-electron chi connectivity index (χ1n) is 7.01. The minimum Gasteiger partial charge on any atom is -0.356 e. The van der Waals surface area contributed by atoms with E-state index in [0.717, 1.165) is 11.3 Å². The summed E-state index contributed by atoms with van der Waals surface area (Å²) in [5, 5.41) is 5.61. The summed E-state index contributed by atoms with van der Waals surface area (Å²) < 4.78 is 32.4. The van der Waals surface area contributed by atoms with E-state index in [1.165, 1.54) is 15.6 Å². The van der Waals surface area contributed by atoms with Crippen LogP contribution in [0.4, 0.5) is 0 Å². The summed E-state index contributed by atoms with van der Waals surface area (Å²) in [6.07, 6.45) is 0. The first kappa shape index (κ1) is 17.1. The molecule has 0 aromatic carbocycles. The fourth-order valence-corrected chi connectivity index (χ4v) is 4.73. The molecule has 0 saturated heterocycles. The number of hydrogen-bond acceptors (Lipinski definition) is 6. The van der Waals surface area contributed by atoms with Crippen LogP contribution in [0.1, 0.15) is 12.6 Å². The minimum atomic E-state index is -3.46. The fourth-order valence-electron chi connectivity index (χ4n) is 1.97. The maximum atomic E-state index is 12.7. The molecule has 0 spiro atoms. The molecule has 0 aliphatic carbocycles. The summed E-state index contributed by atoms with van der Waals surface area (Å²) in [5.41, 5.74) is 1.51. The van der Waals surface area contributed by atoms with Crippen LogP contribution >= 0.6 is 11.3 Å². The molecule has 0 atom stereocenters. The number of hydrogen-bond donors (Lipinski definition) is 0. The van der Waals surface area contributed by atoms with Gasteiger partial charge in [-0.25, -0.2) is 8.42 Å². The van der Waals surface area contributed by atoms with E-state index in [9.17, 15) is 8.42 Å².